The second-order valence-corrected chi connectivity index (χ2v) is 6.20. The summed E-state index contributed by atoms with van der Waals surface area (Å²) in [6.07, 6.45) is 12.9. The van der Waals surface area contributed by atoms with Gasteiger partial charge in [-0.05, 0) is 19.3 Å². The van der Waals surface area contributed by atoms with Crippen molar-refractivity contribution in [1.82, 2.24) is 10.3 Å². The summed E-state index contributed by atoms with van der Waals surface area (Å²) in [6, 6.07) is 0.726. The topological polar surface area (TPSA) is 24.9 Å². The fraction of sp³-hybridized carbons (Fsp3) is 0.786. The van der Waals surface area contributed by atoms with Crippen LogP contribution in [0.2, 0.25) is 0 Å². The van der Waals surface area contributed by atoms with Crippen molar-refractivity contribution in [2.24, 2.45) is 0 Å². The molecule has 1 aliphatic rings. The molecule has 0 bridgehead atoms. The predicted molar refractivity (Wildman–Crippen MR) is 74.4 cm³/mol. The Hall–Kier alpha value is -0.410. The van der Waals surface area contributed by atoms with Gasteiger partial charge in [0.15, 0.2) is 0 Å². The van der Waals surface area contributed by atoms with Crippen molar-refractivity contribution in [2.45, 2.75) is 70.9 Å². The summed E-state index contributed by atoms with van der Waals surface area (Å²) >= 11 is 1.86. The Labute approximate surface area is 109 Å². The van der Waals surface area contributed by atoms with E-state index in [0.29, 0.717) is 0 Å². The third-order valence-corrected chi connectivity index (χ3v) is 4.74. The molecule has 0 spiro atoms. The lowest BCUT2D eigenvalue weighted by Crippen LogP contribution is -2.29. The normalized spacial score (nSPS) is 18.9. The molecule has 3 heteroatoms. The van der Waals surface area contributed by atoms with Crippen molar-refractivity contribution < 1.29 is 0 Å². The van der Waals surface area contributed by atoms with Crippen LogP contribution in [-0.4, -0.2) is 11.0 Å². The highest BCUT2D eigenvalue weighted by Gasteiger charge is 2.11. The molecule has 1 N–H and O–H groups in total. The Morgan fingerprint density at radius 3 is 2.59 bits per heavy atom. The molecule has 0 unspecified atom stereocenters. The van der Waals surface area contributed by atoms with Crippen LogP contribution < -0.4 is 5.32 Å². The van der Waals surface area contributed by atoms with Crippen molar-refractivity contribution in [2.75, 3.05) is 0 Å². The molecular weight excluding hydrogens is 228 g/mol. The highest BCUT2D eigenvalue weighted by Crippen LogP contribution is 2.18. The highest BCUT2D eigenvalue weighted by atomic mass is 32.1. The minimum atomic E-state index is 0.726. The third-order valence-electron chi connectivity index (χ3n) is 3.60. The Balaban J connectivity index is 1.75. The van der Waals surface area contributed by atoms with Gasteiger partial charge < -0.3 is 5.32 Å². The van der Waals surface area contributed by atoms with E-state index in [4.69, 9.17) is 0 Å². The van der Waals surface area contributed by atoms with Crippen LogP contribution >= 0.6 is 11.3 Å². The van der Waals surface area contributed by atoms with Gasteiger partial charge in [0.1, 0.15) is 5.01 Å². The molecule has 0 aromatic carbocycles. The number of rotatable bonds is 4. The maximum absolute atomic E-state index is 4.47. The van der Waals surface area contributed by atoms with E-state index in [0.717, 1.165) is 19.0 Å². The first-order valence-electron chi connectivity index (χ1n) is 7.05. The largest absolute Gasteiger partial charge is 0.308 e. The molecule has 1 saturated carbocycles. The zero-order chi connectivity index (χ0) is 11.9. The number of hydrogen-bond acceptors (Lipinski definition) is 3. The van der Waals surface area contributed by atoms with E-state index >= 15 is 0 Å². The van der Waals surface area contributed by atoms with E-state index in [-0.39, 0.29) is 0 Å². The molecule has 17 heavy (non-hydrogen) atoms. The van der Waals surface area contributed by atoms with Gasteiger partial charge in [-0.2, -0.15) is 0 Å². The van der Waals surface area contributed by atoms with Crippen molar-refractivity contribution in [3.8, 4) is 0 Å². The van der Waals surface area contributed by atoms with E-state index in [1.807, 2.05) is 17.5 Å². The summed E-state index contributed by atoms with van der Waals surface area (Å²) in [5, 5.41) is 4.94. The summed E-state index contributed by atoms with van der Waals surface area (Å²) in [5.41, 5.74) is 0. The molecule has 96 valence electrons. The summed E-state index contributed by atoms with van der Waals surface area (Å²) in [7, 11) is 0. The molecule has 2 nitrogen and oxygen atoms in total. The summed E-state index contributed by atoms with van der Waals surface area (Å²) in [4.78, 5) is 5.87. The van der Waals surface area contributed by atoms with Gasteiger partial charge in [-0.25, -0.2) is 4.98 Å². The van der Waals surface area contributed by atoms with Crippen LogP contribution in [0.3, 0.4) is 0 Å². The molecular formula is C14H24N2S. The molecule has 0 aliphatic heterocycles. The molecule has 1 fully saturated rings. The molecule has 0 radical (unpaired) electrons. The lowest BCUT2D eigenvalue weighted by molar-refractivity contribution is 0.389. The SMILES string of the molecule is CCc1cnc(CNC2CCCCCCC2)s1. The van der Waals surface area contributed by atoms with Crippen LogP contribution in [0.15, 0.2) is 6.20 Å². The number of hydrogen-bond donors (Lipinski definition) is 1. The van der Waals surface area contributed by atoms with E-state index in [1.165, 1.54) is 54.8 Å². The standard InChI is InChI=1S/C14H24N2S/c1-2-13-10-16-14(17-13)11-15-12-8-6-4-3-5-7-9-12/h10,12,15H,2-9,11H2,1H3. The van der Waals surface area contributed by atoms with E-state index in [9.17, 15) is 0 Å². The first-order valence-corrected chi connectivity index (χ1v) is 7.87. The fourth-order valence-corrected chi connectivity index (χ4v) is 3.30. The van der Waals surface area contributed by atoms with E-state index in [1.54, 1.807) is 0 Å². The molecule has 0 saturated heterocycles. The van der Waals surface area contributed by atoms with Crippen LogP contribution in [0.1, 0.15) is 61.8 Å². The maximum atomic E-state index is 4.47. The number of aromatic nitrogens is 1. The van der Waals surface area contributed by atoms with E-state index < -0.39 is 0 Å². The Kier molecular flexibility index (Phi) is 5.46. The Morgan fingerprint density at radius 2 is 1.94 bits per heavy atom. The van der Waals surface area contributed by atoms with E-state index in [2.05, 4.69) is 17.2 Å². The monoisotopic (exact) mass is 252 g/mol. The minimum Gasteiger partial charge on any atom is -0.308 e. The molecule has 1 aromatic heterocycles. The second-order valence-electron chi connectivity index (χ2n) is 5.00. The summed E-state index contributed by atoms with van der Waals surface area (Å²) < 4.78 is 0. The summed E-state index contributed by atoms with van der Waals surface area (Å²) in [6.45, 7) is 3.16. The molecule has 1 aromatic rings. The second kappa shape index (κ2) is 7.12. The van der Waals surface area contributed by atoms with Crippen molar-refractivity contribution in [3.05, 3.63) is 16.1 Å². The zero-order valence-electron chi connectivity index (χ0n) is 10.9. The van der Waals surface area contributed by atoms with Gasteiger partial charge >= 0.3 is 0 Å². The van der Waals surface area contributed by atoms with Crippen LogP contribution in [0.4, 0.5) is 0 Å². The number of nitrogens with one attached hydrogen (secondary N) is 1. The number of thiazole rings is 1. The number of aryl methyl sites for hydroxylation is 1. The molecule has 0 amide bonds. The molecule has 2 rings (SSSR count). The third kappa shape index (κ3) is 4.40. The molecule has 1 aliphatic carbocycles. The van der Waals surface area contributed by atoms with Gasteiger partial charge in [0.2, 0.25) is 0 Å². The average Bonchev–Trinajstić information content (AvgIpc) is 2.75. The van der Waals surface area contributed by atoms with Gasteiger partial charge in [0, 0.05) is 23.7 Å². The van der Waals surface area contributed by atoms with Crippen molar-refractivity contribution in [1.29, 1.82) is 0 Å². The van der Waals surface area contributed by atoms with Crippen LogP contribution in [0, 0.1) is 0 Å². The van der Waals surface area contributed by atoms with Gasteiger partial charge in [0.05, 0.1) is 0 Å². The van der Waals surface area contributed by atoms with Crippen LogP contribution in [0.5, 0.6) is 0 Å². The van der Waals surface area contributed by atoms with Crippen molar-refractivity contribution >= 4 is 11.3 Å². The Morgan fingerprint density at radius 1 is 1.24 bits per heavy atom. The van der Waals surface area contributed by atoms with Gasteiger partial charge in [-0.3, -0.25) is 0 Å². The fourth-order valence-electron chi connectivity index (χ4n) is 2.49. The van der Waals surface area contributed by atoms with Gasteiger partial charge in [-0.15, -0.1) is 11.3 Å². The molecule has 0 atom stereocenters. The first kappa shape index (κ1) is 13.0. The smallest absolute Gasteiger partial charge is 0.107 e. The quantitative estimate of drug-likeness (QED) is 0.879. The van der Waals surface area contributed by atoms with Crippen LogP contribution in [0.25, 0.3) is 0 Å². The highest BCUT2D eigenvalue weighted by molar-refractivity contribution is 7.11. The summed E-state index contributed by atoms with van der Waals surface area (Å²) in [5.74, 6) is 0. The van der Waals surface area contributed by atoms with Crippen LogP contribution in [-0.2, 0) is 13.0 Å². The lowest BCUT2D eigenvalue weighted by atomic mass is 9.97. The predicted octanol–water partition coefficient (Wildman–Crippen LogP) is 3.91. The lowest BCUT2D eigenvalue weighted by Gasteiger charge is -2.20. The minimum absolute atomic E-state index is 0.726. The first-order chi connectivity index (χ1) is 8.38. The van der Waals surface area contributed by atoms with Gasteiger partial charge in [-0.1, -0.05) is 39.0 Å². The maximum Gasteiger partial charge on any atom is 0.107 e. The molecule has 1 heterocycles. The number of nitrogens with zero attached hydrogens (tertiary/aromatic N) is 1. The van der Waals surface area contributed by atoms with Crippen molar-refractivity contribution in [3.63, 3.8) is 0 Å². The Bertz CT molecular complexity index is 314. The zero-order valence-corrected chi connectivity index (χ0v) is 11.7. The van der Waals surface area contributed by atoms with Gasteiger partial charge in [0.25, 0.3) is 0 Å². The average molecular weight is 252 g/mol.